The molecule has 1 unspecified atom stereocenters. The van der Waals surface area contributed by atoms with E-state index in [0.29, 0.717) is 12.5 Å². The van der Waals surface area contributed by atoms with Gasteiger partial charge in [-0.25, -0.2) is 0 Å². The number of piperidine rings is 1. The fraction of sp³-hybridized carbons (Fsp3) is 0.786. The quantitative estimate of drug-likeness (QED) is 0.330. The van der Waals surface area contributed by atoms with Crippen LogP contribution in [0, 0.1) is 18.3 Å². The smallest absolute Gasteiger partial charge is 0.192 e. The number of rotatable bonds is 5. The number of aliphatic imine (C=N–C) groups is 1. The largest absolute Gasteiger partial charge is 0.357 e. The van der Waals surface area contributed by atoms with Crippen LogP contribution in [0.1, 0.15) is 26.7 Å². The summed E-state index contributed by atoms with van der Waals surface area (Å²) >= 11 is 0. The number of terminal acetylenes is 1. The number of hydrogen-bond acceptors (Lipinski definition) is 2. The van der Waals surface area contributed by atoms with E-state index in [1.165, 1.54) is 25.9 Å². The fourth-order valence-corrected chi connectivity index (χ4v) is 2.28. The molecule has 1 saturated heterocycles. The molecule has 1 aliphatic rings. The molecule has 0 aromatic heterocycles. The molecule has 0 aromatic carbocycles. The molecule has 1 fully saturated rings. The van der Waals surface area contributed by atoms with Crippen LogP contribution in [0.3, 0.4) is 0 Å². The highest BCUT2D eigenvalue weighted by molar-refractivity contribution is 14.0. The Hall–Kier alpha value is -0.480. The molecular formula is C14H27IN4. The van der Waals surface area contributed by atoms with Gasteiger partial charge in [-0.1, -0.05) is 12.8 Å². The van der Waals surface area contributed by atoms with Gasteiger partial charge in [-0.15, -0.1) is 30.4 Å². The van der Waals surface area contributed by atoms with Crippen molar-refractivity contribution < 1.29 is 0 Å². The minimum absolute atomic E-state index is 0. The summed E-state index contributed by atoms with van der Waals surface area (Å²) in [6, 6.07) is 0. The summed E-state index contributed by atoms with van der Waals surface area (Å²) in [4.78, 5) is 7.12. The first-order valence-corrected chi connectivity index (χ1v) is 6.98. The van der Waals surface area contributed by atoms with Gasteiger partial charge in [0.2, 0.25) is 0 Å². The maximum atomic E-state index is 5.25. The van der Waals surface area contributed by atoms with Crippen LogP contribution in [0.15, 0.2) is 4.99 Å². The summed E-state index contributed by atoms with van der Waals surface area (Å²) in [5.41, 5.74) is 0. The molecule has 1 heterocycles. The molecule has 5 heteroatoms. The molecule has 2 N–H and O–H groups in total. The Labute approximate surface area is 134 Å². The van der Waals surface area contributed by atoms with Gasteiger partial charge in [-0.2, -0.15) is 0 Å². The molecule has 1 aliphatic heterocycles. The average molecular weight is 378 g/mol. The van der Waals surface area contributed by atoms with Crippen molar-refractivity contribution in [2.45, 2.75) is 26.7 Å². The van der Waals surface area contributed by atoms with Crippen molar-refractivity contribution >= 4 is 29.9 Å². The van der Waals surface area contributed by atoms with E-state index in [2.05, 4.69) is 40.3 Å². The van der Waals surface area contributed by atoms with Gasteiger partial charge in [0.25, 0.3) is 0 Å². The summed E-state index contributed by atoms with van der Waals surface area (Å²) in [6.45, 7) is 10.1. The minimum atomic E-state index is 0. The number of nitrogens with zero attached hydrogens (tertiary/aromatic N) is 2. The van der Waals surface area contributed by atoms with Crippen LogP contribution >= 0.6 is 24.0 Å². The molecular weight excluding hydrogens is 351 g/mol. The third kappa shape index (κ3) is 7.63. The van der Waals surface area contributed by atoms with Crippen LogP contribution in [0.5, 0.6) is 0 Å². The van der Waals surface area contributed by atoms with Gasteiger partial charge >= 0.3 is 0 Å². The topological polar surface area (TPSA) is 39.7 Å². The SMILES string of the molecule is C#CCNC(=NCC1CCCN(CC)C1)NCC.I. The van der Waals surface area contributed by atoms with Gasteiger partial charge in [0, 0.05) is 19.6 Å². The molecule has 1 rings (SSSR count). The predicted molar refractivity (Wildman–Crippen MR) is 93.1 cm³/mol. The predicted octanol–water partition coefficient (Wildman–Crippen LogP) is 1.52. The lowest BCUT2D eigenvalue weighted by molar-refractivity contribution is 0.186. The lowest BCUT2D eigenvalue weighted by atomic mass is 9.98. The third-order valence-electron chi connectivity index (χ3n) is 3.26. The molecule has 19 heavy (non-hydrogen) atoms. The van der Waals surface area contributed by atoms with Crippen LogP contribution in [0.25, 0.3) is 0 Å². The number of guanidine groups is 1. The molecule has 0 saturated carbocycles. The van der Waals surface area contributed by atoms with Crippen LogP contribution in [0.2, 0.25) is 0 Å². The molecule has 110 valence electrons. The second kappa shape index (κ2) is 11.4. The molecule has 4 nitrogen and oxygen atoms in total. The molecule has 0 aliphatic carbocycles. The monoisotopic (exact) mass is 378 g/mol. The molecule has 0 spiro atoms. The van der Waals surface area contributed by atoms with E-state index < -0.39 is 0 Å². The Kier molecular flexibility index (Phi) is 11.1. The number of hydrogen-bond donors (Lipinski definition) is 2. The van der Waals surface area contributed by atoms with Crippen LogP contribution in [-0.4, -0.2) is 50.1 Å². The van der Waals surface area contributed by atoms with Crippen molar-refractivity contribution in [1.82, 2.24) is 15.5 Å². The zero-order valence-corrected chi connectivity index (χ0v) is 14.4. The number of likely N-dealkylation sites (tertiary alicyclic amines) is 1. The van der Waals surface area contributed by atoms with E-state index in [0.717, 1.165) is 25.6 Å². The van der Waals surface area contributed by atoms with Crippen LogP contribution in [0.4, 0.5) is 0 Å². The highest BCUT2D eigenvalue weighted by Gasteiger charge is 2.18. The van der Waals surface area contributed by atoms with Gasteiger partial charge in [0.1, 0.15) is 0 Å². The highest BCUT2D eigenvalue weighted by atomic mass is 127. The van der Waals surface area contributed by atoms with Crippen molar-refractivity contribution in [1.29, 1.82) is 0 Å². The van der Waals surface area contributed by atoms with Gasteiger partial charge in [0.15, 0.2) is 5.96 Å². The highest BCUT2D eigenvalue weighted by Crippen LogP contribution is 2.16. The lowest BCUT2D eigenvalue weighted by Gasteiger charge is -2.31. The van der Waals surface area contributed by atoms with Crippen LogP contribution in [-0.2, 0) is 0 Å². The van der Waals surface area contributed by atoms with E-state index in [4.69, 9.17) is 6.42 Å². The Morgan fingerprint density at radius 3 is 2.84 bits per heavy atom. The van der Waals surface area contributed by atoms with E-state index >= 15 is 0 Å². The minimum Gasteiger partial charge on any atom is -0.357 e. The Morgan fingerprint density at radius 1 is 1.42 bits per heavy atom. The standard InChI is InChI=1S/C14H26N4.HI/c1-4-9-16-14(15-5-2)17-11-13-8-7-10-18(6-3)12-13;/h1,13H,5-12H2,2-3H3,(H2,15,16,17);1H. The molecule has 0 amide bonds. The zero-order chi connectivity index (χ0) is 13.2. The summed E-state index contributed by atoms with van der Waals surface area (Å²) in [5.74, 6) is 4.09. The Morgan fingerprint density at radius 2 is 2.21 bits per heavy atom. The number of halogens is 1. The van der Waals surface area contributed by atoms with Crippen molar-refractivity contribution in [3.63, 3.8) is 0 Å². The van der Waals surface area contributed by atoms with E-state index in [1.54, 1.807) is 0 Å². The van der Waals surface area contributed by atoms with E-state index in [9.17, 15) is 0 Å². The van der Waals surface area contributed by atoms with Crippen molar-refractivity contribution in [3.05, 3.63) is 0 Å². The van der Waals surface area contributed by atoms with Gasteiger partial charge < -0.3 is 15.5 Å². The first-order valence-electron chi connectivity index (χ1n) is 6.98. The third-order valence-corrected chi connectivity index (χ3v) is 3.26. The fourth-order valence-electron chi connectivity index (χ4n) is 2.28. The summed E-state index contributed by atoms with van der Waals surface area (Å²) < 4.78 is 0. The summed E-state index contributed by atoms with van der Waals surface area (Å²) in [6.07, 6.45) is 7.83. The van der Waals surface area contributed by atoms with Crippen molar-refractivity contribution in [2.24, 2.45) is 10.9 Å². The second-order valence-electron chi connectivity index (χ2n) is 4.68. The molecule has 0 bridgehead atoms. The Balaban J connectivity index is 0.00000324. The Bertz CT molecular complexity index is 298. The first kappa shape index (κ1) is 18.5. The molecule has 0 aromatic rings. The molecule has 0 radical (unpaired) electrons. The normalized spacial score (nSPS) is 20.3. The van der Waals surface area contributed by atoms with Crippen molar-refractivity contribution in [2.75, 3.05) is 39.3 Å². The molecule has 1 atom stereocenters. The second-order valence-corrected chi connectivity index (χ2v) is 4.68. The first-order chi connectivity index (χ1) is 8.80. The maximum Gasteiger partial charge on any atom is 0.192 e. The van der Waals surface area contributed by atoms with E-state index in [1.807, 2.05) is 0 Å². The maximum absolute atomic E-state index is 5.25. The van der Waals surface area contributed by atoms with Gasteiger partial charge in [-0.3, -0.25) is 4.99 Å². The van der Waals surface area contributed by atoms with Crippen molar-refractivity contribution in [3.8, 4) is 12.3 Å². The zero-order valence-electron chi connectivity index (χ0n) is 12.1. The lowest BCUT2D eigenvalue weighted by Crippen LogP contribution is -2.39. The van der Waals surface area contributed by atoms with Crippen LogP contribution < -0.4 is 10.6 Å². The summed E-state index contributed by atoms with van der Waals surface area (Å²) in [5, 5.41) is 6.34. The van der Waals surface area contributed by atoms with E-state index in [-0.39, 0.29) is 24.0 Å². The average Bonchev–Trinajstić information content (AvgIpc) is 2.42. The van der Waals surface area contributed by atoms with Gasteiger partial charge in [-0.05, 0) is 38.8 Å². The number of nitrogens with one attached hydrogen (secondary N) is 2. The van der Waals surface area contributed by atoms with Gasteiger partial charge in [0.05, 0.1) is 6.54 Å². The summed E-state index contributed by atoms with van der Waals surface area (Å²) in [7, 11) is 0.